The molecule has 0 saturated carbocycles. The van der Waals surface area contributed by atoms with Crippen molar-refractivity contribution in [1.82, 2.24) is 15.1 Å². The van der Waals surface area contributed by atoms with Crippen molar-refractivity contribution in [3.63, 3.8) is 0 Å². The minimum Gasteiger partial charge on any atom is -0.339 e. The molecule has 3 aromatic rings. The fourth-order valence-electron chi connectivity index (χ4n) is 1.80. The van der Waals surface area contributed by atoms with E-state index < -0.39 is 0 Å². The first-order chi connectivity index (χ1) is 9.01. The molecule has 5 nitrogen and oxygen atoms in total. The Morgan fingerprint density at radius 2 is 2.26 bits per heavy atom. The van der Waals surface area contributed by atoms with Crippen LogP contribution < -0.4 is 5.73 Å². The monoisotopic (exact) mass is 274 g/mol. The lowest BCUT2D eigenvalue weighted by Crippen LogP contribution is -2.34. The Kier molecular flexibility index (Phi) is 2.83. The van der Waals surface area contributed by atoms with Crippen LogP contribution in [0.2, 0.25) is 0 Å². The van der Waals surface area contributed by atoms with Crippen molar-refractivity contribution in [1.29, 1.82) is 0 Å². The molecular formula is C13H14N4OS. The van der Waals surface area contributed by atoms with Crippen molar-refractivity contribution >= 4 is 21.6 Å². The molecule has 0 unspecified atom stereocenters. The highest BCUT2D eigenvalue weighted by Gasteiger charge is 2.17. The van der Waals surface area contributed by atoms with Gasteiger partial charge in [0.1, 0.15) is 0 Å². The summed E-state index contributed by atoms with van der Waals surface area (Å²) in [7, 11) is 0. The van der Waals surface area contributed by atoms with Gasteiger partial charge in [-0.05, 0) is 31.4 Å². The lowest BCUT2D eigenvalue weighted by atomic mass is 10.0. The molecule has 0 amide bonds. The van der Waals surface area contributed by atoms with Gasteiger partial charge in [-0.1, -0.05) is 5.16 Å². The smallest absolute Gasteiger partial charge is 0.228 e. The predicted octanol–water partition coefficient (Wildman–Crippen LogP) is 2.63. The Labute approximate surface area is 114 Å². The highest BCUT2D eigenvalue weighted by atomic mass is 32.1. The Bertz CT molecular complexity index is 711. The van der Waals surface area contributed by atoms with Crippen LogP contribution in [0.1, 0.15) is 19.7 Å². The number of nitrogens with two attached hydrogens (primary N) is 1. The van der Waals surface area contributed by atoms with Crippen LogP contribution in [0.15, 0.2) is 28.2 Å². The van der Waals surface area contributed by atoms with Gasteiger partial charge in [0.25, 0.3) is 0 Å². The minimum absolute atomic E-state index is 0.361. The van der Waals surface area contributed by atoms with E-state index in [9.17, 15) is 0 Å². The van der Waals surface area contributed by atoms with Crippen LogP contribution in [-0.2, 0) is 6.42 Å². The average Bonchev–Trinajstić information content (AvgIpc) is 2.93. The maximum atomic E-state index is 5.94. The molecule has 98 valence electrons. The van der Waals surface area contributed by atoms with Crippen molar-refractivity contribution in [3.05, 3.63) is 29.6 Å². The van der Waals surface area contributed by atoms with E-state index in [0.29, 0.717) is 18.1 Å². The SMILES string of the molecule is CC(C)(N)Cc1nc(-c2cnc3ccsc3c2)no1. The van der Waals surface area contributed by atoms with Crippen LogP contribution in [0.4, 0.5) is 0 Å². The van der Waals surface area contributed by atoms with Gasteiger partial charge in [-0.15, -0.1) is 11.3 Å². The van der Waals surface area contributed by atoms with Crippen molar-refractivity contribution in [2.45, 2.75) is 25.8 Å². The van der Waals surface area contributed by atoms with E-state index in [1.54, 1.807) is 17.5 Å². The zero-order valence-corrected chi connectivity index (χ0v) is 11.6. The highest BCUT2D eigenvalue weighted by molar-refractivity contribution is 7.17. The number of thiophene rings is 1. The molecule has 0 spiro atoms. The largest absolute Gasteiger partial charge is 0.339 e. The molecule has 2 N–H and O–H groups in total. The molecule has 0 aliphatic rings. The van der Waals surface area contributed by atoms with E-state index in [0.717, 1.165) is 15.8 Å². The summed E-state index contributed by atoms with van der Waals surface area (Å²) in [6.45, 7) is 3.85. The van der Waals surface area contributed by atoms with Crippen molar-refractivity contribution < 1.29 is 4.52 Å². The number of aromatic nitrogens is 3. The van der Waals surface area contributed by atoms with Crippen molar-refractivity contribution in [2.75, 3.05) is 0 Å². The Morgan fingerprint density at radius 1 is 1.42 bits per heavy atom. The van der Waals surface area contributed by atoms with E-state index in [-0.39, 0.29) is 5.54 Å². The van der Waals surface area contributed by atoms with Gasteiger partial charge < -0.3 is 10.3 Å². The third-order valence-corrected chi connectivity index (χ3v) is 3.49. The second kappa shape index (κ2) is 4.40. The quantitative estimate of drug-likeness (QED) is 0.794. The van der Waals surface area contributed by atoms with Gasteiger partial charge in [0.15, 0.2) is 0 Å². The van der Waals surface area contributed by atoms with Gasteiger partial charge in [0.2, 0.25) is 11.7 Å². The molecule has 19 heavy (non-hydrogen) atoms. The number of fused-ring (bicyclic) bond motifs is 1. The Morgan fingerprint density at radius 3 is 3.05 bits per heavy atom. The standard InChI is InChI=1S/C13H14N4OS/c1-13(2,14)6-11-16-12(17-18-11)8-5-10-9(15-7-8)3-4-19-10/h3-5,7H,6,14H2,1-2H3. The fraction of sp³-hybridized carbons (Fsp3) is 0.308. The van der Waals surface area contributed by atoms with Gasteiger partial charge in [-0.2, -0.15) is 4.98 Å². The summed E-state index contributed by atoms with van der Waals surface area (Å²) in [6.07, 6.45) is 2.31. The summed E-state index contributed by atoms with van der Waals surface area (Å²) in [6, 6.07) is 4.01. The number of hydrogen-bond acceptors (Lipinski definition) is 6. The summed E-state index contributed by atoms with van der Waals surface area (Å²) < 4.78 is 6.34. The maximum absolute atomic E-state index is 5.94. The first-order valence-electron chi connectivity index (χ1n) is 5.96. The molecule has 0 aliphatic heterocycles. The molecule has 0 aliphatic carbocycles. The fourth-order valence-corrected chi connectivity index (χ4v) is 2.58. The lowest BCUT2D eigenvalue weighted by Gasteiger charge is -2.14. The zero-order chi connectivity index (χ0) is 13.5. The molecule has 3 aromatic heterocycles. The van der Waals surface area contributed by atoms with Crippen LogP contribution in [0, 0.1) is 0 Å². The maximum Gasteiger partial charge on any atom is 0.228 e. The first kappa shape index (κ1) is 12.3. The van der Waals surface area contributed by atoms with Gasteiger partial charge in [0, 0.05) is 23.7 Å². The second-order valence-electron chi connectivity index (χ2n) is 5.21. The number of pyridine rings is 1. The van der Waals surface area contributed by atoms with Crippen molar-refractivity contribution in [2.24, 2.45) is 5.73 Å². The molecule has 3 rings (SSSR count). The molecule has 0 atom stereocenters. The summed E-state index contributed by atoms with van der Waals surface area (Å²) >= 11 is 1.64. The van der Waals surface area contributed by atoms with Crippen molar-refractivity contribution in [3.8, 4) is 11.4 Å². The first-order valence-corrected chi connectivity index (χ1v) is 6.84. The molecule has 0 saturated heterocycles. The highest BCUT2D eigenvalue weighted by Crippen LogP contribution is 2.24. The van der Waals surface area contributed by atoms with Gasteiger partial charge in [-0.3, -0.25) is 4.98 Å². The third kappa shape index (κ3) is 2.64. The minimum atomic E-state index is -0.361. The molecule has 0 fully saturated rings. The van der Waals surface area contributed by atoms with Crippen LogP contribution in [0.3, 0.4) is 0 Å². The van der Waals surface area contributed by atoms with Crippen LogP contribution in [-0.4, -0.2) is 20.7 Å². The number of hydrogen-bond donors (Lipinski definition) is 1. The number of nitrogens with zero attached hydrogens (tertiary/aromatic N) is 3. The molecule has 3 heterocycles. The third-order valence-electron chi connectivity index (χ3n) is 2.64. The zero-order valence-electron chi connectivity index (χ0n) is 10.8. The summed E-state index contributed by atoms with van der Waals surface area (Å²) in [5.41, 5.74) is 7.42. The summed E-state index contributed by atoms with van der Waals surface area (Å²) in [5.74, 6) is 1.11. The predicted molar refractivity (Wildman–Crippen MR) is 74.9 cm³/mol. The molecule has 0 aromatic carbocycles. The summed E-state index contributed by atoms with van der Waals surface area (Å²) in [4.78, 5) is 8.73. The number of rotatable bonds is 3. The van der Waals surface area contributed by atoms with E-state index in [1.807, 2.05) is 31.4 Å². The van der Waals surface area contributed by atoms with E-state index >= 15 is 0 Å². The van der Waals surface area contributed by atoms with E-state index in [4.69, 9.17) is 10.3 Å². The summed E-state index contributed by atoms with van der Waals surface area (Å²) in [5, 5.41) is 6.00. The Hall–Kier alpha value is -1.79. The van der Waals surface area contributed by atoms with Gasteiger partial charge in [0.05, 0.1) is 10.2 Å². The molecule has 0 radical (unpaired) electrons. The molecular weight excluding hydrogens is 260 g/mol. The van der Waals surface area contributed by atoms with Crippen LogP contribution in [0.5, 0.6) is 0 Å². The van der Waals surface area contributed by atoms with E-state index in [1.165, 1.54) is 0 Å². The van der Waals surface area contributed by atoms with Crippen LogP contribution in [0.25, 0.3) is 21.6 Å². The lowest BCUT2D eigenvalue weighted by molar-refractivity contribution is 0.348. The normalized spacial score (nSPS) is 12.2. The molecule has 0 bridgehead atoms. The topological polar surface area (TPSA) is 77.8 Å². The van der Waals surface area contributed by atoms with Crippen LogP contribution >= 0.6 is 11.3 Å². The molecule has 6 heteroatoms. The van der Waals surface area contributed by atoms with E-state index in [2.05, 4.69) is 15.1 Å². The van der Waals surface area contributed by atoms with Gasteiger partial charge >= 0.3 is 0 Å². The second-order valence-corrected chi connectivity index (χ2v) is 6.15. The Balaban J connectivity index is 1.93. The van der Waals surface area contributed by atoms with Gasteiger partial charge in [-0.25, -0.2) is 0 Å². The average molecular weight is 274 g/mol.